The molecule has 0 saturated carbocycles. The van der Waals surface area contributed by atoms with Crippen LogP contribution in [0, 0.1) is 0 Å². The number of carbonyl (C=O) groups excluding carboxylic acids is 1. The van der Waals surface area contributed by atoms with Crippen molar-refractivity contribution in [1.29, 1.82) is 0 Å². The monoisotopic (exact) mass is 344 g/mol. The Kier molecular flexibility index (Phi) is 4.96. The van der Waals surface area contributed by atoms with Crippen LogP contribution in [0.25, 0.3) is 0 Å². The molecule has 0 aliphatic carbocycles. The maximum atomic E-state index is 12.2. The van der Waals surface area contributed by atoms with Gasteiger partial charge in [-0.15, -0.1) is 0 Å². The Morgan fingerprint density at radius 1 is 1.33 bits per heavy atom. The SMILES string of the molecule is NC1=NC(CCc2ccc(NC(=O)c3ccncc3Cl)cc2)CO1. The average Bonchev–Trinajstić information content (AvgIpc) is 3.00. The molecule has 1 aliphatic rings. The molecule has 0 bridgehead atoms. The van der Waals surface area contributed by atoms with E-state index in [1.807, 2.05) is 24.3 Å². The number of hydrogen-bond acceptors (Lipinski definition) is 5. The quantitative estimate of drug-likeness (QED) is 0.872. The maximum absolute atomic E-state index is 12.2. The first-order valence-corrected chi connectivity index (χ1v) is 7.95. The molecule has 124 valence electrons. The van der Waals surface area contributed by atoms with E-state index in [-0.39, 0.29) is 18.0 Å². The molecule has 0 saturated heterocycles. The number of aliphatic imine (C=N–C) groups is 1. The predicted octanol–water partition coefficient (Wildman–Crippen LogP) is 2.63. The number of benzene rings is 1. The van der Waals surface area contributed by atoms with E-state index in [2.05, 4.69) is 15.3 Å². The summed E-state index contributed by atoms with van der Waals surface area (Å²) in [5, 5.41) is 3.14. The van der Waals surface area contributed by atoms with Crippen LogP contribution in [-0.4, -0.2) is 29.6 Å². The van der Waals surface area contributed by atoms with Crippen molar-refractivity contribution in [1.82, 2.24) is 4.98 Å². The number of amidine groups is 1. The number of nitrogens with two attached hydrogens (primary N) is 1. The van der Waals surface area contributed by atoms with Crippen LogP contribution in [0.15, 0.2) is 47.7 Å². The number of ether oxygens (including phenoxy) is 1. The number of hydrogen-bond donors (Lipinski definition) is 2. The summed E-state index contributed by atoms with van der Waals surface area (Å²) < 4.78 is 5.13. The molecule has 0 spiro atoms. The molecule has 1 aliphatic heterocycles. The van der Waals surface area contributed by atoms with Crippen molar-refractivity contribution >= 4 is 29.2 Å². The number of nitrogens with one attached hydrogen (secondary N) is 1. The molecule has 2 aromatic rings. The van der Waals surface area contributed by atoms with Gasteiger partial charge in [0.2, 0.25) is 0 Å². The third-order valence-corrected chi connectivity index (χ3v) is 4.03. The van der Waals surface area contributed by atoms with E-state index in [0.717, 1.165) is 18.4 Å². The number of anilines is 1. The fourth-order valence-corrected chi connectivity index (χ4v) is 2.63. The highest BCUT2D eigenvalue weighted by molar-refractivity contribution is 6.34. The zero-order chi connectivity index (χ0) is 16.9. The number of nitrogens with zero attached hydrogens (tertiary/aromatic N) is 2. The molecule has 1 amide bonds. The third-order valence-electron chi connectivity index (χ3n) is 3.73. The lowest BCUT2D eigenvalue weighted by atomic mass is 10.1. The highest BCUT2D eigenvalue weighted by Crippen LogP contribution is 2.18. The predicted molar refractivity (Wildman–Crippen MR) is 93.3 cm³/mol. The second-order valence-corrected chi connectivity index (χ2v) is 5.88. The number of rotatable bonds is 5. The van der Waals surface area contributed by atoms with Crippen molar-refractivity contribution < 1.29 is 9.53 Å². The Balaban J connectivity index is 1.56. The van der Waals surface area contributed by atoms with E-state index in [1.165, 1.54) is 12.4 Å². The van der Waals surface area contributed by atoms with Crippen molar-refractivity contribution in [3.05, 3.63) is 58.9 Å². The zero-order valence-electron chi connectivity index (χ0n) is 12.9. The summed E-state index contributed by atoms with van der Waals surface area (Å²) in [7, 11) is 0. The van der Waals surface area contributed by atoms with Crippen molar-refractivity contribution in [2.45, 2.75) is 18.9 Å². The van der Waals surface area contributed by atoms with Gasteiger partial charge in [-0.05, 0) is 36.6 Å². The van der Waals surface area contributed by atoms with E-state index < -0.39 is 0 Å². The third kappa shape index (κ3) is 4.02. The van der Waals surface area contributed by atoms with E-state index in [1.54, 1.807) is 6.07 Å². The Morgan fingerprint density at radius 2 is 2.12 bits per heavy atom. The van der Waals surface area contributed by atoms with Gasteiger partial charge in [-0.1, -0.05) is 23.7 Å². The van der Waals surface area contributed by atoms with Gasteiger partial charge in [0.15, 0.2) is 0 Å². The summed E-state index contributed by atoms with van der Waals surface area (Å²) in [4.78, 5) is 20.3. The largest absolute Gasteiger partial charge is 0.463 e. The number of halogens is 1. The van der Waals surface area contributed by atoms with Crippen molar-refractivity contribution in [2.75, 3.05) is 11.9 Å². The molecule has 1 aromatic carbocycles. The number of aryl methyl sites for hydroxylation is 1. The number of pyridine rings is 1. The smallest absolute Gasteiger partial charge is 0.282 e. The lowest BCUT2D eigenvalue weighted by Gasteiger charge is -2.08. The van der Waals surface area contributed by atoms with Crippen LogP contribution < -0.4 is 11.1 Å². The van der Waals surface area contributed by atoms with E-state index in [4.69, 9.17) is 22.1 Å². The molecule has 3 N–H and O–H groups in total. The van der Waals surface area contributed by atoms with Gasteiger partial charge in [-0.3, -0.25) is 9.78 Å². The van der Waals surface area contributed by atoms with Crippen LogP contribution in [0.4, 0.5) is 5.69 Å². The topological polar surface area (TPSA) is 89.6 Å². The first-order valence-electron chi connectivity index (χ1n) is 7.57. The number of aromatic nitrogens is 1. The maximum Gasteiger partial charge on any atom is 0.282 e. The van der Waals surface area contributed by atoms with Gasteiger partial charge in [0.1, 0.15) is 6.61 Å². The Labute approximate surface area is 144 Å². The minimum absolute atomic E-state index is 0.123. The molecule has 1 atom stereocenters. The summed E-state index contributed by atoms with van der Waals surface area (Å²) in [6.07, 6.45) is 4.72. The fourth-order valence-electron chi connectivity index (χ4n) is 2.43. The molecule has 6 nitrogen and oxygen atoms in total. The summed E-state index contributed by atoms with van der Waals surface area (Å²) in [6.45, 7) is 0.548. The van der Waals surface area contributed by atoms with Crippen molar-refractivity contribution in [2.24, 2.45) is 10.7 Å². The van der Waals surface area contributed by atoms with Crippen LogP contribution in [0.3, 0.4) is 0 Å². The number of carbonyl (C=O) groups is 1. The van der Waals surface area contributed by atoms with Gasteiger partial charge in [0.25, 0.3) is 11.9 Å². The molecule has 3 rings (SSSR count). The van der Waals surface area contributed by atoms with Gasteiger partial charge in [-0.25, -0.2) is 4.99 Å². The van der Waals surface area contributed by atoms with Gasteiger partial charge in [-0.2, -0.15) is 0 Å². The summed E-state index contributed by atoms with van der Waals surface area (Å²) in [6, 6.07) is 9.67. The molecule has 0 fully saturated rings. The van der Waals surface area contributed by atoms with Crippen LogP contribution in [0.1, 0.15) is 22.3 Å². The van der Waals surface area contributed by atoms with Crippen LogP contribution >= 0.6 is 11.6 Å². The lowest BCUT2D eigenvalue weighted by molar-refractivity contribution is 0.102. The van der Waals surface area contributed by atoms with E-state index in [0.29, 0.717) is 22.9 Å². The minimum atomic E-state index is -0.261. The van der Waals surface area contributed by atoms with Crippen molar-refractivity contribution in [3.8, 4) is 0 Å². The molecule has 7 heteroatoms. The standard InChI is InChI=1S/C17H17ClN4O2/c18-15-9-20-8-7-14(15)16(23)21-12-4-1-11(2-5-12)3-6-13-10-24-17(19)22-13/h1-2,4-5,7-9,13H,3,6,10H2,(H2,19,22)(H,21,23). The Bertz CT molecular complexity index is 761. The highest BCUT2D eigenvalue weighted by atomic mass is 35.5. The molecule has 1 unspecified atom stereocenters. The highest BCUT2D eigenvalue weighted by Gasteiger charge is 2.16. The minimum Gasteiger partial charge on any atom is -0.463 e. The molecule has 24 heavy (non-hydrogen) atoms. The fraction of sp³-hybridized carbons (Fsp3) is 0.235. The van der Waals surface area contributed by atoms with Gasteiger partial charge in [0.05, 0.1) is 16.6 Å². The van der Waals surface area contributed by atoms with Crippen LogP contribution in [0.5, 0.6) is 0 Å². The van der Waals surface area contributed by atoms with Gasteiger partial charge < -0.3 is 15.8 Å². The summed E-state index contributed by atoms with van der Waals surface area (Å²) in [5.41, 5.74) is 7.76. The molecule has 0 radical (unpaired) electrons. The van der Waals surface area contributed by atoms with Crippen molar-refractivity contribution in [3.63, 3.8) is 0 Å². The Morgan fingerprint density at radius 3 is 2.79 bits per heavy atom. The van der Waals surface area contributed by atoms with Gasteiger partial charge in [0, 0.05) is 18.1 Å². The average molecular weight is 345 g/mol. The normalized spacial score (nSPS) is 16.4. The molecular formula is C17H17ClN4O2. The molecule has 1 aromatic heterocycles. The molecular weight excluding hydrogens is 328 g/mol. The zero-order valence-corrected chi connectivity index (χ0v) is 13.7. The summed E-state index contributed by atoms with van der Waals surface area (Å²) in [5.74, 6) is -0.261. The first kappa shape index (κ1) is 16.3. The van der Waals surface area contributed by atoms with Gasteiger partial charge >= 0.3 is 0 Å². The summed E-state index contributed by atoms with van der Waals surface area (Å²) >= 11 is 5.97. The van der Waals surface area contributed by atoms with E-state index >= 15 is 0 Å². The van der Waals surface area contributed by atoms with E-state index in [9.17, 15) is 4.79 Å². The first-order chi connectivity index (χ1) is 11.6. The second kappa shape index (κ2) is 7.31. The number of amides is 1. The van der Waals surface area contributed by atoms with Crippen LogP contribution in [-0.2, 0) is 11.2 Å². The second-order valence-electron chi connectivity index (χ2n) is 5.48. The lowest BCUT2D eigenvalue weighted by Crippen LogP contribution is -2.12. The molecule has 2 heterocycles. The Hall–Kier alpha value is -2.60. The van der Waals surface area contributed by atoms with Crippen LogP contribution in [0.2, 0.25) is 5.02 Å².